The lowest BCUT2D eigenvalue weighted by molar-refractivity contribution is -0.122. The van der Waals surface area contributed by atoms with Crippen LogP contribution in [-0.2, 0) is 9.59 Å². The quantitative estimate of drug-likeness (QED) is 0.443. The first-order chi connectivity index (χ1) is 12.6. The number of aromatic amines is 1. The Hall–Kier alpha value is -2.11. The number of aromatic nitrogens is 1. The SMILES string of the molecule is O=C(CCC(=O)c1ccc[nH]1)NCCCNC(=O)CC1CC2CCC1C2. The zero-order chi connectivity index (χ0) is 18.4. The van der Waals surface area contributed by atoms with Gasteiger partial charge in [-0.3, -0.25) is 14.4 Å². The summed E-state index contributed by atoms with van der Waals surface area (Å²) in [6.07, 6.45) is 8.68. The standard InChI is InChI=1S/C20H29N3O3/c24-18(17-3-1-8-21-17)6-7-19(25)22-9-2-10-23-20(26)13-16-12-14-4-5-15(16)11-14/h1,3,8,14-16,21H,2,4-7,9-13H2,(H,22,25)(H,23,26). The van der Waals surface area contributed by atoms with Crippen LogP contribution in [0.3, 0.4) is 0 Å². The minimum atomic E-state index is -0.127. The van der Waals surface area contributed by atoms with Crippen LogP contribution in [0, 0.1) is 17.8 Å². The fourth-order valence-electron chi connectivity index (χ4n) is 4.43. The van der Waals surface area contributed by atoms with E-state index in [1.165, 1.54) is 25.7 Å². The van der Waals surface area contributed by atoms with Gasteiger partial charge in [0.2, 0.25) is 11.8 Å². The van der Waals surface area contributed by atoms with Crippen molar-refractivity contribution in [3.63, 3.8) is 0 Å². The van der Waals surface area contributed by atoms with Gasteiger partial charge in [0.15, 0.2) is 5.78 Å². The molecular weight excluding hydrogens is 330 g/mol. The molecule has 0 aromatic carbocycles. The lowest BCUT2D eigenvalue weighted by Crippen LogP contribution is -2.31. The maximum atomic E-state index is 12.0. The molecular formula is C20H29N3O3. The highest BCUT2D eigenvalue weighted by atomic mass is 16.2. The largest absolute Gasteiger partial charge is 0.359 e. The second-order valence-electron chi connectivity index (χ2n) is 7.70. The van der Waals surface area contributed by atoms with Gasteiger partial charge in [0, 0.05) is 38.5 Å². The third-order valence-electron chi connectivity index (χ3n) is 5.81. The summed E-state index contributed by atoms with van der Waals surface area (Å²) >= 11 is 0. The van der Waals surface area contributed by atoms with E-state index in [0.29, 0.717) is 37.5 Å². The molecule has 1 heterocycles. The first-order valence-electron chi connectivity index (χ1n) is 9.82. The Morgan fingerprint density at radius 3 is 2.50 bits per heavy atom. The predicted molar refractivity (Wildman–Crippen MR) is 98.5 cm³/mol. The fourth-order valence-corrected chi connectivity index (χ4v) is 4.43. The van der Waals surface area contributed by atoms with Crippen LogP contribution in [0.5, 0.6) is 0 Å². The summed E-state index contributed by atoms with van der Waals surface area (Å²) in [5.74, 6) is 2.20. The summed E-state index contributed by atoms with van der Waals surface area (Å²) in [6, 6.07) is 3.47. The molecule has 0 spiro atoms. The van der Waals surface area contributed by atoms with Crippen molar-refractivity contribution in [2.24, 2.45) is 17.8 Å². The number of fused-ring (bicyclic) bond motifs is 2. The van der Waals surface area contributed by atoms with E-state index in [0.717, 1.165) is 11.8 Å². The first-order valence-corrected chi connectivity index (χ1v) is 9.82. The van der Waals surface area contributed by atoms with Crippen molar-refractivity contribution in [1.82, 2.24) is 15.6 Å². The average molecular weight is 359 g/mol. The van der Waals surface area contributed by atoms with E-state index in [2.05, 4.69) is 15.6 Å². The Kier molecular flexibility index (Phi) is 6.47. The summed E-state index contributed by atoms with van der Waals surface area (Å²) in [5.41, 5.74) is 0.538. The normalized spacial score (nSPS) is 23.8. The Labute approximate surface area is 154 Å². The van der Waals surface area contributed by atoms with Crippen LogP contribution in [0.25, 0.3) is 0 Å². The smallest absolute Gasteiger partial charge is 0.220 e. The van der Waals surface area contributed by atoms with Crippen LogP contribution in [0.2, 0.25) is 0 Å². The van der Waals surface area contributed by atoms with Gasteiger partial charge in [-0.1, -0.05) is 6.42 Å². The highest BCUT2D eigenvalue weighted by Gasteiger charge is 2.39. The van der Waals surface area contributed by atoms with Crippen LogP contribution < -0.4 is 10.6 Å². The number of rotatable bonds is 10. The molecule has 142 valence electrons. The van der Waals surface area contributed by atoms with Crippen molar-refractivity contribution < 1.29 is 14.4 Å². The maximum absolute atomic E-state index is 12.0. The van der Waals surface area contributed by atoms with Gasteiger partial charge in [-0.05, 0) is 55.6 Å². The van der Waals surface area contributed by atoms with Gasteiger partial charge in [0.1, 0.15) is 0 Å². The molecule has 3 rings (SSSR count). The van der Waals surface area contributed by atoms with Crippen molar-refractivity contribution >= 4 is 17.6 Å². The molecule has 1 aromatic rings. The first kappa shape index (κ1) is 18.7. The molecule has 0 saturated heterocycles. The molecule has 2 amide bonds. The molecule has 3 unspecified atom stereocenters. The lowest BCUT2D eigenvalue weighted by atomic mass is 9.86. The van der Waals surface area contributed by atoms with E-state index >= 15 is 0 Å². The molecule has 3 N–H and O–H groups in total. The van der Waals surface area contributed by atoms with Crippen molar-refractivity contribution in [2.45, 2.75) is 51.4 Å². The molecule has 0 radical (unpaired) electrons. The molecule has 1 aromatic heterocycles. The fraction of sp³-hybridized carbons (Fsp3) is 0.650. The van der Waals surface area contributed by atoms with Crippen LogP contribution >= 0.6 is 0 Å². The van der Waals surface area contributed by atoms with Crippen molar-refractivity contribution in [2.75, 3.05) is 13.1 Å². The summed E-state index contributed by atoms with van der Waals surface area (Å²) in [5, 5.41) is 5.76. The second kappa shape index (κ2) is 9.01. The summed E-state index contributed by atoms with van der Waals surface area (Å²) < 4.78 is 0. The van der Waals surface area contributed by atoms with Gasteiger partial charge in [-0.15, -0.1) is 0 Å². The Bertz CT molecular complexity index is 626. The number of amides is 2. The summed E-state index contributed by atoms with van der Waals surface area (Å²) in [7, 11) is 0. The minimum Gasteiger partial charge on any atom is -0.359 e. The van der Waals surface area contributed by atoms with Crippen LogP contribution in [0.1, 0.15) is 61.9 Å². The van der Waals surface area contributed by atoms with E-state index in [1.807, 2.05) is 0 Å². The topological polar surface area (TPSA) is 91.1 Å². The molecule has 6 heteroatoms. The van der Waals surface area contributed by atoms with Gasteiger partial charge in [0.05, 0.1) is 5.69 Å². The zero-order valence-electron chi connectivity index (χ0n) is 15.3. The Morgan fingerprint density at radius 2 is 1.85 bits per heavy atom. The van der Waals surface area contributed by atoms with Crippen LogP contribution in [0.15, 0.2) is 18.3 Å². The molecule has 2 fully saturated rings. The van der Waals surface area contributed by atoms with Crippen molar-refractivity contribution in [3.05, 3.63) is 24.0 Å². The van der Waals surface area contributed by atoms with E-state index in [4.69, 9.17) is 0 Å². The van der Waals surface area contributed by atoms with E-state index in [9.17, 15) is 14.4 Å². The third kappa shape index (κ3) is 5.19. The molecule has 3 atom stereocenters. The summed E-state index contributed by atoms with van der Waals surface area (Å²) in [4.78, 5) is 38.4. The molecule has 6 nitrogen and oxygen atoms in total. The molecule has 2 aliphatic carbocycles. The lowest BCUT2D eigenvalue weighted by Gasteiger charge is -2.20. The third-order valence-corrected chi connectivity index (χ3v) is 5.81. The highest BCUT2D eigenvalue weighted by molar-refractivity contribution is 5.96. The molecule has 2 aliphatic rings. The minimum absolute atomic E-state index is 0.0574. The van der Waals surface area contributed by atoms with Crippen LogP contribution in [0.4, 0.5) is 0 Å². The predicted octanol–water partition coefficient (Wildman–Crippen LogP) is 2.43. The number of nitrogens with one attached hydrogen (secondary N) is 3. The number of H-pyrrole nitrogens is 1. The van der Waals surface area contributed by atoms with E-state index < -0.39 is 0 Å². The highest BCUT2D eigenvalue weighted by Crippen LogP contribution is 2.49. The molecule has 0 aliphatic heterocycles. The molecule has 2 bridgehead atoms. The van der Waals surface area contributed by atoms with Gasteiger partial charge in [0.25, 0.3) is 0 Å². The molecule has 2 saturated carbocycles. The van der Waals surface area contributed by atoms with Crippen molar-refractivity contribution in [3.8, 4) is 0 Å². The number of carbonyl (C=O) groups excluding carboxylic acids is 3. The van der Waals surface area contributed by atoms with Crippen LogP contribution in [-0.4, -0.2) is 35.7 Å². The number of carbonyl (C=O) groups is 3. The average Bonchev–Trinajstić information content (AvgIpc) is 3.37. The molecule has 26 heavy (non-hydrogen) atoms. The Morgan fingerprint density at radius 1 is 1.04 bits per heavy atom. The number of hydrogen-bond donors (Lipinski definition) is 3. The van der Waals surface area contributed by atoms with Gasteiger partial charge in [-0.25, -0.2) is 0 Å². The number of ketones is 1. The Balaban J connectivity index is 1.20. The van der Waals surface area contributed by atoms with E-state index in [1.54, 1.807) is 18.3 Å². The summed E-state index contributed by atoms with van der Waals surface area (Å²) in [6.45, 7) is 1.10. The second-order valence-corrected chi connectivity index (χ2v) is 7.70. The number of Topliss-reactive ketones (excluding diaryl/α,β-unsaturated/α-hetero) is 1. The van der Waals surface area contributed by atoms with Gasteiger partial charge >= 0.3 is 0 Å². The number of hydrogen-bond acceptors (Lipinski definition) is 3. The maximum Gasteiger partial charge on any atom is 0.220 e. The zero-order valence-corrected chi connectivity index (χ0v) is 15.3. The van der Waals surface area contributed by atoms with Gasteiger partial charge < -0.3 is 15.6 Å². The van der Waals surface area contributed by atoms with Crippen molar-refractivity contribution in [1.29, 1.82) is 0 Å². The monoisotopic (exact) mass is 359 g/mol. The van der Waals surface area contributed by atoms with E-state index in [-0.39, 0.29) is 30.4 Å². The van der Waals surface area contributed by atoms with Gasteiger partial charge in [-0.2, -0.15) is 0 Å².